The van der Waals surface area contributed by atoms with E-state index in [-0.39, 0.29) is 35.1 Å². The molecule has 1 aromatic carbocycles. The van der Waals surface area contributed by atoms with Crippen molar-refractivity contribution in [3.05, 3.63) is 47.3 Å². The molecule has 3 fully saturated rings. The summed E-state index contributed by atoms with van der Waals surface area (Å²) in [6.07, 6.45) is 10.2. The maximum atomic E-state index is 14.0. The van der Waals surface area contributed by atoms with Crippen molar-refractivity contribution in [2.24, 2.45) is 17.3 Å². The van der Waals surface area contributed by atoms with Gasteiger partial charge in [-0.3, -0.25) is 19.5 Å². The van der Waals surface area contributed by atoms with Crippen molar-refractivity contribution < 1.29 is 14.3 Å². The lowest BCUT2D eigenvalue weighted by atomic mass is 9.62. The van der Waals surface area contributed by atoms with Crippen molar-refractivity contribution in [1.82, 2.24) is 20.5 Å². The van der Waals surface area contributed by atoms with Crippen LogP contribution < -0.4 is 15.5 Å². The molecule has 0 radical (unpaired) electrons. The summed E-state index contributed by atoms with van der Waals surface area (Å²) in [5.41, 5.74) is 5.75. The standard InChI is InChI=1S/C37H55N5O3/c1-7-15-37(5)26(3)33(36(44)40-27(37)4)23-39-35(43)32-20-29(21-34(25(32)2)41(6)31-11-9-8-10-12-31)28-13-14-30(38-22-28)24-42-16-18-45-19-17-42/h13-14,20-22,26-27,31,33H,7-12,15-19,23-24H2,1-6H3,(H,39,43)(H,40,44). The lowest BCUT2D eigenvalue weighted by Crippen LogP contribution is -2.60. The number of rotatable bonds is 10. The van der Waals surface area contributed by atoms with Crippen molar-refractivity contribution in [3.63, 3.8) is 0 Å². The third kappa shape index (κ3) is 7.38. The Morgan fingerprint density at radius 1 is 1.13 bits per heavy atom. The van der Waals surface area contributed by atoms with Gasteiger partial charge in [-0.05, 0) is 73.8 Å². The fraction of sp³-hybridized carbons (Fsp3) is 0.649. The number of carbonyl (C=O) groups excluding carboxylic acids is 2. The maximum absolute atomic E-state index is 14.0. The fourth-order valence-corrected chi connectivity index (χ4v) is 7.93. The van der Waals surface area contributed by atoms with Gasteiger partial charge in [-0.25, -0.2) is 0 Å². The molecule has 1 aromatic heterocycles. The summed E-state index contributed by atoms with van der Waals surface area (Å²) < 4.78 is 5.50. The second-order valence-corrected chi connectivity index (χ2v) is 14.1. The second-order valence-electron chi connectivity index (χ2n) is 14.1. The molecular weight excluding hydrogens is 562 g/mol. The highest BCUT2D eigenvalue weighted by Gasteiger charge is 2.47. The highest BCUT2D eigenvalue weighted by atomic mass is 16.5. The molecule has 0 bridgehead atoms. The molecule has 3 heterocycles. The van der Waals surface area contributed by atoms with E-state index in [1.807, 2.05) is 12.3 Å². The molecule has 1 saturated carbocycles. The Balaban J connectivity index is 1.40. The number of nitrogens with one attached hydrogen (secondary N) is 2. The van der Waals surface area contributed by atoms with E-state index < -0.39 is 0 Å². The molecule has 0 spiro atoms. The largest absolute Gasteiger partial charge is 0.379 e. The van der Waals surface area contributed by atoms with E-state index in [1.165, 1.54) is 32.1 Å². The zero-order chi connectivity index (χ0) is 32.1. The van der Waals surface area contributed by atoms with Crippen molar-refractivity contribution in [1.29, 1.82) is 0 Å². The Hall–Kier alpha value is -2.97. The van der Waals surface area contributed by atoms with Crippen molar-refractivity contribution >= 4 is 17.5 Å². The first-order chi connectivity index (χ1) is 21.6. The van der Waals surface area contributed by atoms with Crippen LogP contribution in [-0.2, 0) is 16.1 Å². The van der Waals surface area contributed by atoms with Crippen molar-refractivity contribution in [2.75, 3.05) is 44.8 Å². The Kier molecular flexibility index (Phi) is 10.9. The van der Waals surface area contributed by atoms with Gasteiger partial charge in [0.25, 0.3) is 5.91 Å². The number of carbonyl (C=O) groups is 2. The van der Waals surface area contributed by atoms with Gasteiger partial charge in [0.05, 0.1) is 24.8 Å². The molecule has 3 aliphatic rings. The predicted molar refractivity (Wildman–Crippen MR) is 181 cm³/mol. The lowest BCUT2D eigenvalue weighted by molar-refractivity contribution is -0.135. The van der Waals surface area contributed by atoms with Gasteiger partial charge in [0.2, 0.25) is 5.91 Å². The van der Waals surface area contributed by atoms with Crippen LogP contribution in [0.2, 0.25) is 0 Å². The monoisotopic (exact) mass is 617 g/mol. The molecule has 2 amide bonds. The van der Waals surface area contributed by atoms with Gasteiger partial charge in [-0.15, -0.1) is 0 Å². The summed E-state index contributed by atoms with van der Waals surface area (Å²) in [6.45, 7) is 15.4. The first-order valence-corrected chi connectivity index (χ1v) is 17.3. The summed E-state index contributed by atoms with van der Waals surface area (Å²) in [4.78, 5) is 36.7. The van der Waals surface area contributed by atoms with Gasteiger partial charge >= 0.3 is 0 Å². The molecular formula is C37H55N5O3. The number of benzene rings is 1. The van der Waals surface area contributed by atoms with Crippen molar-refractivity contribution in [3.8, 4) is 11.1 Å². The SMILES string of the molecule is CCCC1(C)C(C)NC(=O)C(CNC(=O)c2cc(-c3ccc(CN4CCOCC4)nc3)cc(N(C)C3CCCCC3)c2C)C1C. The first kappa shape index (κ1) is 33.4. The Morgan fingerprint density at radius 2 is 1.87 bits per heavy atom. The zero-order valence-corrected chi connectivity index (χ0v) is 28.5. The number of hydrogen-bond acceptors (Lipinski definition) is 6. The number of hydrogen-bond donors (Lipinski definition) is 2. The topological polar surface area (TPSA) is 86.8 Å². The number of ether oxygens (including phenoxy) is 1. The number of nitrogens with zero attached hydrogens (tertiary/aromatic N) is 3. The molecule has 2 aliphatic heterocycles. The average molecular weight is 618 g/mol. The van der Waals surface area contributed by atoms with Gasteiger partial charge in [0.1, 0.15) is 0 Å². The Bertz CT molecular complexity index is 1320. The Labute approximate surface area is 270 Å². The maximum Gasteiger partial charge on any atom is 0.251 e. The smallest absolute Gasteiger partial charge is 0.251 e. The van der Waals surface area contributed by atoms with Crippen LogP contribution in [0.1, 0.15) is 94.3 Å². The second kappa shape index (κ2) is 14.6. The Morgan fingerprint density at radius 3 is 2.53 bits per heavy atom. The van der Waals surface area contributed by atoms with Crippen LogP contribution in [0.4, 0.5) is 5.69 Å². The van der Waals surface area contributed by atoms with E-state index in [0.717, 1.165) is 73.8 Å². The quantitative estimate of drug-likeness (QED) is 0.342. The van der Waals surface area contributed by atoms with E-state index in [1.54, 1.807) is 0 Å². The number of pyridine rings is 1. The van der Waals surface area contributed by atoms with Gasteiger partial charge in [-0.2, -0.15) is 0 Å². The summed E-state index contributed by atoms with van der Waals surface area (Å²) in [7, 11) is 2.18. The minimum absolute atomic E-state index is 0.00922. The number of morpholine rings is 1. The highest BCUT2D eigenvalue weighted by molar-refractivity contribution is 5.99. The minimum Gasteiger partial charge on any atom is -0.379 e. The summed E-state index contributed by atoms with van der Waals surface area (Å²) >= 11 is 0. The number of amides is 2. The first-order valence-electron chi connectivity index (χ1n) is 17.3. The predicted octanol–water partition coefficient (Wildman–Crippen LogP) is 5.96. The molecule has 4 unspecified atom stereocenters. The molecule has 8 heteroatoms. The van der Waals surface area contributed by atoms with Gasteiger partial charge in [-0.1, -0.05) is 52.5 Å². The summed E-state index contributed by atoms with van der Waals surface area (Å²) in [5, 5.41) is 6.41. The normalized spacial score (nSPS) is 26.4. The molecule has 45 heavy (non-hydrogen) atoms. The molecule has 2 saturated heterocycles. The summed E-state index contributed by atoms with van der Waals surface area (Å²) in [6, 6.07) is 9.04. The van der Waals surface area contributed by atoms with E-state index >= 15 is 0 Å². The number of anilines is 1. The molecule has 2 aromatic rings. The molecule has 1 aliphatic carbocycles. The number of aromatic nitrogens is 1. The molecule has 8 nitrogen and oxygen atoms in total. The van der Waals surface area contributed by atoms with Gasteiger partial charge < -0.3 is 20.3 Å². The van der Waals surface area contributed by atoms with Gasteiger partial charge in [0.15, 0.2) is 0 Å². The van der Waals surface area contributed by atoms with Crippen LogP contribution in [0.25, 0.3) is 11.1 Å². The van der Waals surface area contributed by atoms with Crippen LogP contribution in [0.3, 0.4) is 0 Å². The minimum atomic E-state index is -0.266. The van der Waals surface area contributed by atoms with E-state index in [9.17, 15) is 9.59 Å². The van der Waals surface area contributed by atoms with E-state index in [2.05, 4.69) is 80.3 Å². The van der Waals surface area contributed by atoms with Crippen LogP contribution in [-0.4, -0.2) is 73.7 Å². The van der Waals surface area contributed by atoms with E-state index in [4.69, 9.17) is 9.72 Å². The number of piperidine rings is 1. The summed E-state index contributed by atoms with van der Waals surface area (Å²) in [5.74, 6) is -0.197. The molecule has 2 N–H and O–H groups in total. The van der Waals surface area contributed by atoms with Crippen LogP contribution in [0.5, 0.6) is 0 Å². The van der Waals surface area contributed by atoms with Crippen molar-refractivity contribution in [2.45, 2.75) is 98.2 Å². The average Bonchev–Trinajstić information content (AvgIpc) is 3.05. The molecule has 246 valence electrons. The molecule has 5 rings (SSSR count). The van der Waals surface area contributed by atoms with Crippen LogP contribution in [0.15, 0.2) is 30.5 Å². The third-order valence-corrected chi connectivity index (χ3v) is 11.4. The van der Waals surface area contributed by atoms with E-state index in [0.29, 0.717) is 18.2 Å². The zero-order valence-electron chi connectivity index (χ0n) is 28.5. The third-order valence-electron chi connectivity index (χ3n) is 11.4. The fourth-order valence-electron chi connectivity index (χ4n) is 7.93. The van der Waals surface area contributed by atoms with Gasteiger partial charge in [0, 0.05) is 68.3 Å². The van der Waals surface area contributed by atoms with Crippen LogP contribution >= 0.6 is 0 Å². The highest BCUT2D eigenvalue weighted by Crippen LogP contribution is 2.43. The van der Waals surface area contributed by atoms with Crippen LogP contribution in [0, 0.1) is 24.2 Å². The molecule has 4 atom stereocenters. The lowest BCUT2D eigenvalue weighted by Gasteiger charge is -2.48.